The summed E-state index contributed by atoms with van der Waals surface area (Å²) in [4.78, 5) is 29.6. The summed E-state index contributed by atoms with van der Waals surface area (Å²) in [6.45, 7) is 2.25. The van der Waals surface area contributed by atoms with Crippen LogP contribution in [0.3, 0.4) is 0 Å². The van der Waals surface area contributed by atoms with Gasteiger partial charge in [0.1, 0.15) is 5.75 Å². The summed E-state index contributed by atoms with van der Waals surface area (Å²) in [7, 11) is 1.62. The number of amides is 2. The van der Waals surface area contributed by atoms with Crippen molar-refractivity contribution in [2.45, 2.75) is 23.6 Å². The maximum absolute atomic E-state index is 12.5. The zero-order chi connectivity index (χ0) is 21.3. The van der Waals surface area contributed by atoms with Crippen molar-refractivity contribution >= 4 is 29.3 Å². The Bertz CT molecular complexity index is 994. The standard InChI is InChI=1S/C23H23N3O3S/c1-16(30-21-8-6-20(29-2)7-9-21)22(27)25-15-17-4-3-5-19(14-17)26-23(28)18-10-12-24-13-11-18/h3-14,16H,15H2,1-2H3,(H,25,27)(H,26,28). The maximum atomic E-state index is 12.5. The third kappa shape index (κ3) is 6.09. The van der Waals surface area contributed by atoms with E-state index in [0.29, 0.717) is 17.8 Å². The van der Waals surface area contributed by atoms with Crippen LogP contribution in [0.25, 0.3) is 0 Å². The molecule has 0 saturated heterocycles. The minimum absolute atomic E-state index is 0.0537. The molecule has 1 unspecified atom stereocenters. The number of aromatic nitrogens is 1. The van der Waals surface area contributed by atoms with Gasteiger partial charge in [-0.1, -0.05) is 12.1 Å². The molecule has 2 amide bonds. The number of anilines is 1. The number of pyridine rings is 1. The Balaban J connectivity index is 1.52. The summed E-state index contributed by atoms with van der Waals surface area (Å²) in [5.74, 6) is 0.525. The Morgan fingerprint density at radius 3 is 2.50 bits per heavy atom. The summed E-state index contributed by atoms with van der Waals surface area (Å²) in [6.07, 6.45) is 3.15. The average Bonchev–Trinajstić information content (AvgIpc) is 2.78. The monoisotopic (exact) mass is 421 g/mol. The Morgan fingerprint density at radius 2 is 1.80 bits per heavy atom. The summed E-state index contributed by atoms with van der Waals surface area (Å²) >= 11 is 1.49. The van der Waals surface area contributed by atoms with Crippen LogP contribution < -0.4 is 15.4 Å². The van der Waals surface area contributed by atoms with Crippen LogP contribution in [0.2, 0.25) is 0 Å². The highest BCUT2D eigenvalue weighted by Gasteiger charge is 2.14. The number of methoxy groups -OCH3 is 1. The highest BCUT2D eigenvalue weighted by Crippen LogP contribution is 2.25. The zero-order valence-corrected chi connectivity index (χ0v) is 17.6. The number of ether oxygens (including phenoxy) is 1. The highest BCUT2D eigenvalue weighted by atomic mass is 32.2. The van der Waals surface area contributed by atoms with Crippen molar-refractivity contribution in [2.24, 2.45) is 0 Å². The smallest absolute Gasteiger partial charge is 0.255 e. The molecule has 2 N–H and O–H groups in total. The largest absolute Gasteiger partial charge is 0.497 e. The van der Waals surface area contributed by atoms with E-state index in [1.54, 1.807) is 31.6 Å². The topological polar surface area (TPSA) is 80.3 Å². The summed E-state index contributed by atoms with van der Waals surface area (Å²) < 4.78 is 5.15. The van der Waals surface area contributed by atoms with Gasteiger partial charge >= 0.3 is 0 Å². The molecule has 0 aliphatic carbocycles. The second kappa shape index (κ2) is 10.5. The van der Waals surface area contributed by atoms with Gasteiger partial charge in [-0.15, -0.1) is 11.8 Å². The second-order valence-corrected chi connectivity index (χ2v) is 7.96. The van der Waals surface area contributed by atoms with E-state index in [9.17, 15) is 9.59 Å². The molecule has 3 aromatic rings. The predicted octanol–water partition coefficient (Wildman–Crippen LogP) is 4.14. The molecule has 2 aromatic carbocycles. The van der Waals surface area contributed by atoms with Gasteiger partial charge in [-0.25, -0.2) is 0 Å². The molecule has 0 bridgehead atoms. The molecule has 1 atom stereocenters. The molecule has 154 valence electrons. The molecule has 0 saturated carbocycles. The number of carbonyl (C=O) groups excluding carboxylic acids is 2. The van der Waals surface area contributed by atoms with Crippen molar-refractivity contribution in [1.82, 2.24) is 10.3 Å². The van der Waals surface area contributed by atoms with Gasteiger partial charge in [0.2, 0.25) is 5.91 Å². The van der Waals surface area contributed by atoms with Crippen molar-refractivity contribution in [2.75, 3.05) is 12.4 Å². The SMILES string of the molecule is COc1ccc(SC(C)C(=O)NCc2cccc(NC(=O)c3ccncc3)c2)cc1. The number of nitrogens with one attached hydrogen (secondary N) is 2. The Kier molecular flexibility index (Phi) is 7.45. The van der Waals surface area contributed by atoms with Crippen molar-refractivity contribution < 1.29 is 14.3 Å². The first-order valence-electron chi connectivity index (χ1n) is 9.44. The van der Waals surface area contributed by atoms with Crippen LogP contribution in [0.1, 0.15) is 22.8 Å². The molecule has 0 aliphatic heterocycles. The lowest BCUT2D eigenvalue weighted by Crippen LogP contribution is -2.30. The third-order valence-electron chi connectivity index (χ3n) is 4.34. The molecule has 3 rings (SSSR count). The number of thioether (sulfide) groups is 1. The van der Waals surface area contributed by atoms with Gasteiger partial charge in [-0.3, -0.25) is 14.6 Å². The van der Waals surface area contributed by atoms with E-state index in [0.717, 1.165) is 16.2 Å². The average molecular weight is 422 g/mol. The molecule has 0 aliphatic rings. The lowest BCUT2D eigenvalue weighted by molar-refractivity contribution is -0.120. The van der Waals surface area contributed by atoms with Gasteiger partial charge in [0, 0.05) is 35.1 Å². The highest BCUT2D eigenvalue weighted by molar-refractivity contribution is 8.00. The summed E-state index contributed by atoms with van der Waals surface area (Å²) in [5.41, 5.74) is 2.11. The lowest BCUT2D eigenvalue weighted by Gasteiger charge is -2.13. The van der Waals surface area contributed by atoms with E-state index in [1.165, 1.54) is 11.8 Å². The minimum atomic E-state index is -0.243. The summed E-state index contributed by atoms with van der Waals surface area (Å²) in [6, 6.07) is 18.3. The summed E-state index contributed by atoms with van der Waals surface area (Å²) in [5, 5.41) is 5.56. The quantitative estimate of drug-likeness (QED) is 0.535. The molecular formula is C23H23N3O3S. The van der Waals surface area contributed by atoms with Gasteiger partial charge in [0.15, 0.2) is 0 Å². The van der Waals surface area contributed by atoms with E-state index in [2.05, 4.69) is 15.6 Å². The van der Waals surface area contributed by atoms with Crippen molar-refractivity contribution in [3.8, 4) is 5.75 Å². The second-order valence-electron chi connectivity index (χ2n) is 6.54. The number of rotatable bonds is 8. The van der Waals surface area contributed by atoms with Crippen molar-refractivity contribution in [3.05, 3.63) is 84.2 Å². The fourth-order valence-electron chi connectivity index (χ4n) is 2.71. The minimum Gasteiger partial charge on any atom is -0.497 e. The van der Waals surface area contributed by atoms with Crippen LogP contribution >= 0.6 is 11.8 Å². The van der Waals surface area contributed by atoms with Crippen LogP contribution in [-0.4, -0.2) is 29.2 Å². The molecule has 0 spiro atoms. The fraction of sp³-hybridized carbons (Fsp3) is 0.174. The predicted molar refractivity (Wildman–Crippen MR) is 119 cm³/mol. The number of hydrogen-bond donors (Lipinski definition) is 2. The third-order valence-corrected chi connectivity index (χ3v) is 5.45. The van der Waals surface area contributed by atoms with E-state index < -0.39 is 0 Å². The van der Waals surface area contributed by atoms with Gasteiger partial charge in [0.25, 0.3) is 5.91 Å². The van der Waals surface area contributed by atoms with E-state index in [1.807, 2.05) is 55.5 Å². The molecule has 0 radical (unpaired) electrons. The first-order valence-corrected chi connectivity index (χ1v) is 10.3. The number of benzene rings is 2. The normalized spacial score (nSPS) is 11.4. The molecular weight excluding hydrogens is 398 g/mol. The van der Waals surface area contributed by atoms with Crippen LogP contribution in [0.4, 0.5) is 5.69 Å². The molecule has 1 aromatic heterocycles. The number of carbonyl (C=O) groups is 2. The van der Waals surface area contributed by atoms with Crippen LogP contribution in [-0.2, 0) is 11.3 Å². The number of hydrogen-bond acceptors (Lipinski definition) is 5. The first kappa shape index (κ1) is 21.4. The first-order chi connectivity index (χ1) is 14.5. The van der Waals surface area contributed by atoms with Crippen molar-refractivity contribution in [1.29, 1.82) is 0 Å². The fourth-order valence-corrected chi connectivity index (χ4v) is 3.60. The van der Waals surface area contributed by atoms with E-state index in [4.69, 9.17) is 4.74 Å². The number of nitrogens with zero attached hydrogens (tertiary/aromatic N) is 1. The van der Waals surface area contributed by atoms with Gasteiger partial charge in [-0.2, -0.15) is 0 Å². The lowest BCUT2D eigenvalue weighted by atomic mass is 10.2. The van der Waals surface area contributed by atoms with Crippen LogP contribution in [0.15, 0.2) is 78.0 Å². The Labute approximate surface area is 180 Å². The van der Waals surface area contributed by atoms with E-state index >= 15 is 0 Å². The van der Waals surface area contributed by atoms with Gasteiger partial charge in [-0.05, 0) is 61.0 Å². The maximum Gasteiger partial charge on any atom is 0.255 e. The van der Waals surface area contributed by atoms with Crippen molar-refractivity contribution in [3.63, 3.8) is 0 Å². The van der Waals surface area contributed by atoms with Crippen LogP contribution in [0.5, 0.6) is 5.75 Å². The van der Waals surface area contributed by atoms with Gasteiger partial charge in [0.05, 0.1) is 12.4 Å². The Morgan fingerprint density at radius 1 is 1.07 bits per heavy atom. The van der Waals surface area contributed by atoms with E-state index in [-0.39, 0.29) is 17.1 Å². The molecule has 1 heterocycles. The van der Waals surface area contributed by atoms with Gasteiger partial charge < -0.3 is 15.4 Å². The molecule has 6 nitrogen and oxygen atoms in total. The Hall–Kier alpha value is -3.32. The zero-order valence-electron chi connectivity index (χ0n) is 16.8. The molecule has 0 fully saturated rings. The van der Waals surface area contributed by atoms with Crippen LogP contribution in [0, 0.1) is 0 Å². The molecule has 7 heteroatoms. The molecule has 30 heavy (non-hydrogen) atoms.